The molecule has 1 unspecified atom stereocenters. The molecule has 0 aliphatic carbocycles. The predicted octanol–water partition coefficient (Wildman–Crippen LogP) is 3.83. The van der Waals surface area contributed by atoms with E-state index in [4.69, 9.17) is 5.26 Å². The van der Waals surface area contributed by atoms with Crippen LogP contribution in [0.3, 0.4) is 0 Å². The van der Waals surface area contributed by atoms with E-state index in [2.05, 4.69) is 24.4 Å². The smallest absolute Gasteiger partial charge is 0.124 e. The second-order valence-electron chi connectivity index (χ2n) is 4.52. The number of halogens is 1. The lowest BCUT2D eigenvalue weighted by Crippen LogP contribution is -2.31. The molecule has 0 bridgehead atoms. The first kappa shape index (κ1) is 13.6. The third kappa shape index (κ3) is 3.12. The Labute approximate surface area is 116 Å². The van der Waals surface area contributed by atoms with Crippen LogP contribution >= 0.6 is 11.3 Å². The Balaban J connectivity index is 2.19. The maximum Gasteiger partial charge on any atom is 0.124 e. The van der Waals surface area contributed by atoms with Crippen LogP contribution in [0.25, 0.3) is 0 Å². The molecule has 98 valence electrons. The topological polar surface area (TPSA) is 27.0 Å². The van der Waals surface area contributed by atoms with Crippen LogP contribution in [-0.4, -0.2) is 13.1 Å². The minimum atomic E-state index is -0.375. The molecule has 0 N–H and O–H groups in total. The van der Waals surface area contributed by atoms with Crippen LogP contribution in [0.5, 0.6) is 0 Å². The number of hydrogen-bond donors (Lipinski definition) is 0. The average molecular weight is 274 g/mol. The van der Waals surface area contributed by atoms with E-state index in [9.17, 15) is 4.39 Å². The van der Waals surface area contributed by atoms with Crippen molar-refractivity contribution in [2.45, 2.75) is 19.4 Å². The molecule has 19 heavy (non-hydrogen) atoms. The third-order valence-electron chi connectivity index (χ3n) is 3.20. The molecule has 0 fully saturated rings. The van der Waals surface area contributed by atoms with Crippen LogP contribution in [0.1, 0.15) is 17.4 Å². The molecule has 0 aliphatic rings. The first-order valence-corrected chi connectivity index (χ1v) is 6.94. The van der Waals surface area contributed by atoms with Gasteiger partial charge in [-0.25, -0.2) is 4.39 Å². The molecule has 0 saturated carbocycles. The summed E-state index contributed by atoms with van der Waals surface area (Å²) < 4.78 is 13.1. The molecule has 4 heteroatoms. The van der Waals surface area contributed by atoms with Crippen LogP contribution in [0.4, 0.5) is 10.1 Å². The summed E-state index contributed by atoms with van der Waals surface area (Å²) in [5.41, 5.74) is 1.15. The molecule has 1 atom stereocenters. The lowest BCUT2D eigenvalue weighted by molar-refractivity contribution is 0.625. The van der Waals surface area contributed by atoms with Crippen LogP contribution in [-0.2, 0) is 6.42 Å². The van der Waals surface area contributed by atoms with Gasteiger partial charge in [0.05, 0.1) is 11.3 Å². The summed E-state index contributed by atoms with van der Waals surface area (Å²) in [5.74, 6) is -0.375. The Kier molecular flexibility index (Phi) is 4.18. The predicted molar refractivity (Wildman–Crippen MR) is 77.0 cm³/mol. The zero-order valence-corrected chi connectivity index (χ0v) is 11.7. The van der Waals surface area contributed by atoms with E-state index < -0.39 is 0 Å². The van der Waals surface area contributed by atoms with E-state index >= 15 is 0 Å². The van der Waals surface area contributed by atoms with Gasteiger partial charge in [0.2, 0.25) is 0 Å². The molecule has 2 rings (SSSR count). The van der Waals surface area contributed by atoms with Crippen molar-refractivity contribution in [3.05, 3.63) is 52.0 Å². The molecule has 0 amide bonds. The highest BCUT2D eigenvalue weighted by atomic mass is 32.1. The molecular formula is C15H15FN2S. The fourth-order valence-corrected chi connectivity index (χ4v) is 2.83. The molecule has 2 nitrogen and oxygen atoms in total. The second-order valence-corrected chi connectivity index (χ2v) is 5.55. The Morgan fingerprint density at radius 3 is 2.84 bits per heavy atom. The highest BCUT2D eigenvalue weighted by Crippen LogP contribution is 2.23. The third-order valence-corrected chi connectivity index (χ3v) is 4.10. The van der Waals surface area contributed by atoms with E-state index in [1.54, 1.807) is 17.4 Å². The van der Waals surface area contributed by atoms with Crippen molar-refractivity contribution in [1.29, 1.82) is 5.26 Å². The molecule has 1 heterocycles. The van der Waals surface area contributed by atoms with Gasteiger partial charge in [-0.1, -0.05) is 6.07 Å². The first-order chi connectivity index (χ1) is 9.11. The van der Waals surface area contributed by atoms with Gasteiger partial charge < -0.3 is 4.90 Å². The van der Waals surface area contributed by atoms with Crippen molar-refractivity contribution in [3.8, 4) is 6.07 Å². The number of likely N-dealkylation sites (N-methyl/N-ethyl adjacent to an activating group) is 1. The summed E-state index contributed by atoms with van der Waals surface area (Å²) >= 11 is 1.72. The Bertz CT molecular complexity index is 587. The molecule has 0 saturated heterocycles. The van der Waals surface area contributed by atoms with Crippen molar-refractivity contribution in [1.82, 2.24) is 0 Å². The van der Waals surface area contributed by atoms with Gasteiger partial charge in [-0.15, -0.1) is 11.3 Å². The minimum absolute atomic E-state index is 0.246. The number of hydrogen-bond acceptors (Lipinski definition) is 3. The van der Waals surface area contributed by atoms with E-state index in [-0.39, 0.29) is 11.9 Å². The van der Waals surface area contributed by atoms with Gasteiger partial charge in [0, 0.05) is 24.4 Å². The maximum atomic E-state index is 13.1. The largest absolute Gasteiger partial charge is 0.370 e. The molecular weight excluding hydrogens is 259 g/mol. The van der Waals surface area contributed by atoms with Gasteiger partial charge in [-0.3, -0.25) is 0 Å². The quantitative estimate of drug-likeness (QED) is 0.847. The Morgan fingerprint density at radius 1 is 1.42 bits per heavy atom. The molecule has 1 aromatic heterocycles. The fourth-order valence-electron chi connectivity index (χ4n) is 2.00. The standard InChI is InChI=1S/C15H15FN2S/c1-11(8-14-4-3-7-19-14)18(2)15-6-5-13(16)9-12(15)10-17/h3-7,9,11H,8H2,1-2H3. The fraction of sp³-hybridized carbons (Fsp3) is 0.267. The summed E-state index contributed by atoms with van der Waals surface area (Å²) in [6, 6.07) is 10.8. The lowest BCUT2D eigenvalue weighted by atomic mass is 10.1. The van der Waals surface area contributed by atoms with E-state index in [1.807, 2.05) is 18.0 Å². The average Bonchev–Trinajstić information content (AvgIpc) is 2.90. The van der Waals surface area contributed by atoms with Gasteiger partial charge in [0.15, 0.2) is 0 Å². The highest BCUT2D eigenvalue weighted by molar-refractivity contribution is 7.09. The summed E-state index contributed by atoms with van der Waals surface area (Å²) in [6.07, 6.45) is 0.913. The Morgan fingerprint density at radius 2 is 2.21 bits per heavy atom. The summed E-state index contributed by atoms with van der Waals surface area (Å²) in [4.78, 5) is 3.33. The van der Waals surface area contributed by atoms with Crippen LogP contribution < -0.4 is 4.90 Å². The zero-order chi connectivity index (χ0) is 13.8. The summed E-state index contributed by atoms with van der Waals surface area (Å²) in [7, 11) is 1.94. The van der Waals surface area contributed by atoms with Crippen LogP contribution in [0.2, 0.25) is 0 Å². The van der Waals surface area contributed by atoms with E-state index in [0.717, 1.165) is 12.1 Å². The molecule has 0 aliphatic heterocycles. The number of nitriles is 1. The number of benzene rings is 1. The van der Waals surface area contributed by atoms with Crippen molar-refractivity contribution in [2.75, 3.05) is 11.9 Å². The van der Waals surface area contributed by atoms with E-state index in [0.29, 0.717) is 5.56 Å². The molecule has 1 aromatic carbocycles. The first-order valence-electron chi connectivity index (χ1n) is 6.06. The van der Waals surface area contributed by atoms with Gasteiger partial charge in [-0.05, 0) is 36.6 Å². The van der Waals surface area contributed by atoms with Crippen LogP contribution in [0, 0.1) is 17.1 Å². The van der Waals surface area contributed by atoms with Crippen molar-refractivity contribution in [2.24, 2.45) is 0 Å². The van der Waals surface area contributed by atoms with Crippen molar-refractivity contribution < 1.29 is 4.39 Å². The summed E-state index contributed by atoms with van der Waals surface area (Å²) in [6.45, 7) is 2.10. The number of nitrogens with zero attached hydrogens (tertiary/aromatic N) is 2. The zero-order valence-electron chi connectivity index (χ0n) is 10.9. The van der Waals surface area contributed by atoms with E-state index in [1.165, 1.54) is 17.0 Å². The van der Waals surface area contributed by atoms with Crippen LogP contribution in [0.15, 0.2) is 35.7 Å². The van der Waals surface area contributed by atoms with Gasteiger partial charge in [0.1, 0.15) is 11.9 Å². The molecule has 0 radical (unpaired) electrons. The molecule has 0 spiro atoms. The molecule has 2 aromatic rings. The number of rotatable bonds is 4. The maximum absolute atomic E-state index is 13.1. The summed E-state index contributed by atoms with van der Waals surface area (Å²) in [5, 5.41) is 11.1. The SMILES string of the molecule is CC(Cc1cccs1)N(C)c1ccc(F)cc1C#N. The van der Waals surface area contributed by atoms with Crippen molar-refractivity contribution in [3.63, 3.8) is 0 Å². The number of thiophene rings is 1. The van der Waals surface area contributed by atoms with Gasteiger partial charge >= 0.3 is 0 Å². The normalized spacial score (nSPS) is 11.9. The highest BCUT2D eigenvalue weighted by Gasteiger charge is 2.15. The lowest BCUT2D eigenvalue weighted by Gasteiger charge is -2.27. The number of anilines is 1. The Hall–Kier alpha value is -1.86. The second kappa shape index (κ2) is 5.85. The monoisotopic (exact) mass is 274 g/mol. The van der Waals surface area contributed by atoms with Gasteiger partial charge in [0.25, 0.3) is 0 Å². The van der Waals surface area contributed by atoms with Gasteiger partial charge in [-0.2, -0.15) is 5.26 Å². The van der Waals surface area contributed by atoms with Crippen molar-refractivity contribution >= 4 is 17.0 Å². The minimum Gasteiger partial charge on any atom is -0.370 e.